The molecule has 5 heteroatoms. The largest absolute Gasteiger partial charge is 0.493 e. The monoisotopic (exact) mass is 276 g/mol. The van der Waals surface area contributed by atoms with Gasteiger partial charge in [0.1, 0.15) is 12.4 Å². The van der Waals surface area contributed by atoms with E-state index in [0.29, 0.717) is 11.3 Å². The summed E-state index contributed by atoms with van der Waals surface area (Å²) < 4.78 is 24.0. The predicted octanol–water partition coefficient (Wildman–Crippen LogP) is 3.11. The van der Waals surface area contributed by atoms with Crippen LogP contribution < -0.4 is 9.47 Å². The molecule has 2 aromatic rings. The summed E-state index contributed by atoms with van der Waals surface area (Å²) in [7, 11) is 1.45. The zero-order valence-electron chi connectivity index (χ0n) is 10.8. The number of carboxylic acids is 1. The van der Waals surface area contributed by atoms with Crippen LogP contribution in [0.2, 0.25) is 0 Å². The van der Waals surface area contributed by atoms with E-state index in [9.17, 15) is 9.18 Å². The molecule has 0 spiro atoms. The van der Waals surface area contributed by atoms with E-state index in [0.717, 1.165) is 0 Å². The standard InChI is InChI=1S/C15H13FO4/c1-19-13-7-6-10(15(17)18)8-14(13)20-9-11-4-2-3-5-12(11)16/h2-8H,9H2,1H3,(H,17,18). The van der Waals surface area contributed by atoms with Crippen molar-refractivity contribution in [3.05, 3.63) is 59.4 Å². The molecule has 0 aliphatic rings. The highest BCUT2D eigenvalue weighted by Gasteiger charge is 2.11. The van der Waals surface area contributed by atoms with E-state index in [1.807, 2.05) is 0 Å². The Morgan fingerprint density at radius 2 is 1.95 bits per heavy atom. The molecule has 0 saturated carbocycles. The van der Waals surface area contributed by atoms with Crippen LogP contribution >= 0.6 is 0 Å². The molecule has 2 aromatic carbocycles. The number of rotatable bonds is 5. The van der Waals surface area contributed by atoms with Crippen molar-refractivity contribution in [2.24, 2.45) is 0 Å². The van der Waals surface area contributed by atoms with Crippen LogP contribution in [0.3, 0.4) is 0 Å². The van der Waals surface area contributed by atoms with Gasteiger partial charge in [0.05, 0.1) is 12.7 Å². The molecule has 0 unspecified atom stereocenters. The molecule has 0 heterocycles. The third kappa shape index (κ3) is 3.06. The Kier molecular flexibility index (Phi) is 4.20. The molecule has 0 bridgehead atoms. The first kappa shape index (κ1) is 13.9. The van der Waals surface area contributed by atoms with Gasteiger partial charge in [-0.3, -0.25) is 0 Å². The average Bonchev–Trinajstić information content (AvgIpc) is 2.46. The topological polar surface area (TPSA) is 55.8 Å². The Balaban J connectivity index is 2.22. The Bertz CT molecular complexity index is 625. The molecule has 1 N–H and O–H groups in total. The summed E-state index contributed by atoms with van der Waals surface area (Å²) in [5, 5.41) is 8.95. The van der Waals surface area contributed by atoms with Gasteiger partial charge < -0.3 is 14.6 Å². The van der Waals surface area contributed by atoms with E-state index in [4.69, 9.17) is 14.6 Å². The fourth-order valence-corrected chi connectivity index (χ4v) is 1.69. The smallest absolute Gasteiger partial charge is 0.335 e. The van der Waals surface area contributed by atoms with Gasteiger partial charge in [-0.1, -0.05) is 18.2 Å². The van der Waals surface area contributed by atoms with Gasteiger partial charge in [-0.2, -0.15) is 0 Å². The summed E-state index contributed by atoms with van der Waals surface area (Å²) in [5.74, 6) is -0.786. The van der Waals surface area contributed by atoms with Crippen LogP contribution in [0.25, 0.3) is 0 Å². The fourth-order valence-electron chi connectivity index (χ4n) is 1.69. The van der Waals surface area contributed by atoms with Crippen LogP contribution in [0.1, 0.15) is 15.9 Å². The maximum absolute atomic E-state index is 13.5. The number of carboxylic acid groups (broad SMARTS) is 1. The molecular weight excluding hydrogens is 263 g/mol. The summed E-state index contributed by atoms with van der Waals surface area (Å²) in [6.07, 6.45) is 0. The maximum atomic E-state index is 13.5. The summed E-state index contributed by atoms with van der Waals surface area (Å²) in [5.41, 5.74) is 0.463. The highest BCUT2D eigenvalue weighted by Crippen LogP contribution is 2.29. The Hall–Kier alpha value is -2.56. The van der Waals surface area contributed by atoms with Crippen molar-refractivity contribution in [2.75, 3.05) is 7.11 Å². The Morgan fingerprint density at radius 1 is 1.20 bits per heavy atom. The Morgan fingerprint density at radius 3 is 2.60 bits per heavy atom. The molecule has 20 heavy (non-hydrogen) atoms. The normalized spacial score (nSPS) is 10.1. The van der Waals surface area contributed by atoms with Crippen LogP contribution in [-0.4, -0.2) is 18.2 Å². The van der Waals surface area contributed by atoms with Crippen LogP contribution in [-0.2, 0) is 6.61 Å². The second-order valence-electron chi connectivity index (χ2n) is 4.05. The van der Waals surface area contributed by atoms with E-state index in [-0.39, 0.29) is 23.7 Å². The van der Waals surface area contributed by atoms with Gasteiger partial charge in [0.2, 0.25) is 0 Å². The van der Waals surface area contributed by atoms with E-state index >= 15 is 0 Å². The molecule has 0 saturated heterocycles. The second-order valence-corrected chi connectivity index (χ2v) is 4.05. The van der Waals surface area contributed by atoms with Gasteiger partial charge >= 0.3 is 5.97 Å². The zero-order valence-corrected chi connectivity index (χ0v) is 10.8. The van der Waals surface area contributed by atoms with Crippen LogP contribution in [0.5, 0.6) is 11.5 Å². The summed E-state index contributed by atoms with van der Waals surface area (Å²) >= 11 is 0. The first-order valence-corrected chi connectivity index (χ1v) is 5.89. The van der Waals surface area contributed by atoms with Crippen LogP contribution in [0, 0.1) is 5.82 Å². The van der Waals surface area contributed by atoms with Gasteiger partial charge in [0, 0.05) is 5.56 Å². The van der Waals surface area contributed by atoms with Gasteiger partial charge in [-0.15, -0.1) is 0 Å². The molecule has 104 valence electrons. The van der Waals surface area contributed by atoms with E-state index in [1.165, 1.54) is 31.4 Å². The van der Waals surface area contributed by atoms with Gasteiger partial charge in [0.15, 0.2) is 11.5 Å². The first-order valence-electron chi connectivity index (χ1n) is 5.89. The minimum absolute atomic E-state index is 0.00783. The lowest BCUT2D eigenvalue weighted by Gasteiger charge is -2.11. The van der Waals surface area contributed by atoms with Crippen molar-refractivity contribution in [1.82, 2.24) is 0 Å². The molecular formula is C15H13FO4. The number of hydrogen-bond donors (Lipinski definition) is 1. The molecule has 0 atom stereocenters. The van der Waals surface area contributed by atoms with E-state index in [1.54, 1.807) is 18.2 Å². The molecule has 0 aliphatic heterocycles. The minimum Gasteiger partial charge on any atom is -0.493 e. The third-order valence-electron chi connectivity index (χ3n) is 2.75. The van der Waals surface area contributed by atoms with Gasteiger partial charge in [-0.05, 0) is 24.3 Å². The lowest BCUT2D eigenvalue weighted by Crippen LogP contribution is -2.02. The molecule has 0 amide bonds. The zero-order chi connectivity index (χ0) is 14.5. The van der Waals surface area contributed by atoms with Crippen molar-refractivity contribution in [3.63, 3.8) is 0 Å². The lowest BCUT2D eigenvalue weighted by molar-refractivity contribution is 0.0696. The number of ether oxygens (including phenoxy) is 2. The van der Waals surface area contributed by atoms with Crippen molar-refractivity contribution >= 4 is 5.97 Å². The fraction of sp³-hybridized carbons (Fsp3) is 0.133. The number of halogens is 1. The van der Waals surface area contributed by atoms with Crippen molar-refractivity contribution < 1.29 is 23.8 Å². The molecule has 0 aliphatic carbocycles. The number of hydrogen-bond acceptors (Lipinski definition) is 3. The highest BCUT2D eigenvalue weighted by molar-refractivity contribution is 5.88. The van der Waals surface area contributed by atoms with Crippen molar-refractivity contribution in [2.45, 2.75) is 6.61 Å². The van der Waals surface area contributed by atoms with Crippen LogP contribution in [0.15, 0.2) is 42.5 Å². The first-order chi connectivity index (χ1) is 9.61. The highest BCUT2D eigenvalue weighted by atomic mass is 19.1. The molecule has 2 rings (SSSR count). The molecule has 0 fully saturated rings. The summed E-state index contributed by atoms with van der Waals surface area (Å²) in [6.45, 7) is -0.00783. The maximum Gasteiger partial charge on any atom is 0.335 e. The molecule has 0 aromatic heterocycles. The van der Waals surface area contributed by atoms with Crippen molar-refractivity contribution in [1.29, 1.82) is 0 Å². The van der Waals surface area contributed by atoms with E-state index < -0.39 is 5.97 Å². The van der Waals surface area contributed by atoms with Gasteiger partial charge in [0.25, 0.3) is 0 Å². The quantitative estimate of drug-likeness (QED) is 0.911. The average molecular weight is 276 g/mol. The van der Waals surface area contributed by atoms with Gasteiger partial charge in [-0.25, -0.2) is 9.18 Å². The minimum atomic E-state index is -1.07. The van der Waals surface area contributed by atoms with Crippen LogP contribution in [0.4, 0.5) is 4.39 Å². The third-order valence-corrected chi connectivity index (χ3v) is 2.75. The SMILES string of the molecule is COc1ccc(C(=O)O)cc1OCc1ccccc1F. The second kappa shape index (κ2) is 6.06. The summed E-state index contributed by atoms with van der Waals surface area (Å²) in [4.78, 5) is 10.9. The molecule has 0 radical (unpaired) electrons. The number of benzene rings is 2. The summed E-state index contributed by atoms with van der Waals surface area (Å²) in [6, 6.07) is 10.5. The number of aromatic carboxylic acids is 1. The lowest BCUT2D eigenvalue weighted by atomic mass is 10.2. The number of methoxy groups -OCH3 is 1. The Labute approximate surface area is 115 Å². The molecule has 4 nitrogen and oxygen atoms in total. The van der Waals surface area contributed by atoms with E-state index in [2.05, 4.69) is 0 Å². The number of carbonyl (C=O) groups is 1. The predicted molar refractivity (Wildman–Crippen MR) is 70.7 cm³/mol. The van der Waals surface area contributed by atoms with Crippen molar-refractivity contribution in [3.8, 4) is 11.5 Å².